The quantitative estimate of drug-likeness (QED) is 0.614. The molecule has 0 spiro atoms. The van der Waals surface area contributed by atoms with E-state index in [1.807, 2.05) is 0 Å². The van der Waals surface area contributed by atoms with Crippen molar-refractivity contribution in [2.75, 3.05) is 13.1 Å². The second kappa shape index (κ2) is 5.53. The molecule has 0 saturated carbocycles. The summed E-state index contributed by atoms with van der Waals surface area (Å²) in [5.41, 5.74) is 0.413. The van der Waals surface area contributed by atoms with Gasteiger partial charge < -0.3 is 4.90 Å². The van der Waals surface area contributed by atoms with Crippen LogP contribution >= 0.6 is 11.6 Å². The lowest BCUT2D eigenvalue weighted by molar-refractivity contribution is -0.134. The molecule has 1 atom stereocenters. The zero-order valence-electron chi connectivity index (χ0n) is 10.6. The number of hydrogen-bond acceptors (Lipinski definition) is 3. The van der Waals surface area contributed by atoms with E-state index >= 15 is 0 Å². The molecule has 1 heterocycles. The van der Waals surface area contributed by atoms with Gasteiger partial charge in [-0.15, -0.1) is 0 Å². The van der Waals surface area contributed by atoms with Gasteiger partial charge in [-0.2, -0.15) is 0 Å². The molecule has 1 unspecified atom stereocenters. The van der Waals surface area contributed by atoms with Crippen LogP contribution in [0.1, 0.15) is 23.7 Å². The van der Waals surface area contributed by atoms with Crippen molar-refractivity contribution in [2.24, 2.45) is 5.92 Å². The Morgan fingerprint density at radius 1 is 1.37 bits per heavy atom. The fraction of sp³-hybridized carbons (Fsp3) is 0.357. The first-order chi connectivity index (χ1) is 8.99. The first-order valence-corrected chi connectivity index (χ1v) is 6.45. The summed E-state index contributed by atoms with van der Waals surface area (Å²) in [5.74, 6) is -1.26. The molecule has 19 heavy (non-hydrogen) atoms. The molecule has 5 heteroatoms. The normalized spacial score (nSPS) is 19.4. The summed E-state index contributed by atoms with van der Waals surface area (Å²) in [6.07, 6.45) is 0.233. The van der Waals surface area contributed by atoms with Gasteiger partial charge in [0.2, 0.25) is 5.91 Å². The third-order valence-electron chi connectivity index (χ3n) is 3.29. The van der Waals surface area contributed by atoms with E-state index < -0.39 is 5.92 Å². The number of ketones is 2. The highest BCUT2D eigenvalue weighted by Crippen LogP contribution is 2.20. The van der Waals surface area contributed by atoms with Gasteiger partial charge in [-0.3, -0.25) is 14.4 Å². The number of Topliss-reactive ketones (excluding diaryl/α,β-unsaturated/α-hetero) is 2. The van der Waals surface area contributed by atoms with Crippen LogP contribution in [-0.2, 0) is 9.59 Å². The molecule has 4 nitrogen and oxygen atoms in total. The van der Waals surface area contributed by atoms with E-state index in [1.54, 1.807) is 24.3 Å². The molecule has 1 amide bonds. The first-order valence-electron chi connectivity index (χ1n) is 6.07. The number of carbonyl (C=O) groups excluding carboxylic acids is 3. The Morgan fingerprint density at radius 2 is 2.11 bits per heavy atom. The lowest BCUT2D eigenvalue weighted by Gasteiger charge is -2.30. The molecule has 100 valence electrons. The molecule has 1 aromatic carbocycles. The maximum atomic E-state index is 12.3. The number of nitrogens with zero attached hydrogens (tertiary/aromatic N) is 1. The second-order valence-corrected chi connectivity index (χ2v) is 5.04. The lowest BCUT2D eigenvalue weighted by atomic mass is 9.89. The summed E-state index contributed by atoms with van der Waals surface area (Å²) in [7, 11) is 0. The Labute approximate surface area is 116 Å². The molecule has 1 saturated heterocycles. The smallest absolute Gasteiger partial charge is 0.219 e. The van der Waals surface area contributed by atoms with Crippen molar-refractivity contribution in [1.82, 2.24) is 4.90 Å². The van der Waals surface area contributed by atoms with E-state index in [1.165, 1.54) is 11.8 Å². The summed E-state index contributed by atoms with van der Waals surface area (Å²) in [4.78, 5) is 37.1. The van der Waals surface area contributed by atoms with Crippen molar-refractivity contribution in [3.8, 4) is 0 Å². The van der Waals surface area contributed by atoms with Gasteiger partial charge in [-0.25, -0.2) is 0 Å². The van der Waals surface area contributed by atoms with Crippen LogP contribution in [-0.4, -0.2) is 35.5 Å². The lowest BCUT2D eigenvalue weighted by Crippen LogP contribution is -2.46. The number of hydrogen-bond donors (Lipinski definition) is 0. The average Bonchev–Trinajstić information content (AvgIpc) is 2.38. The van der Waals surface area contributed by atoms with E-state index in [-0.39, 0.29) is 30.4 Å². The van der Waals surface area contributed by atoms with Gasteiger partial charge in [0.05, 0.1) is 5.92 Å². The van der Waals surface area contributed by atoms with Crippen LogP contribution in [0.5, 0.6) is 0 Å². The van der Waals surface area contributed by atoms with Gasteiger partial charge in [0.15, 0.2) is 5.78 Å². The Bertz CT molecular complexity index is 541. The minimum atomic E-state index is -0.767. The Hall–Kier alpha value is -1.68. The molecule has 1 aliphatic heterocycles. The molecule has 1 fully saturated rings. The van der Waals surface area contributed by atoms with Gasteiger partial charge in [-0.05, 0) is 12.1 Å². The fourth-order valence-corrected chi connectivity index (χ4v) is 2.38. The monoisotopic (exact) mass is 279 g/mol. The molecule has 0 bridgehead atoms. The van der Waals surface area contributed by atoms with E-state index in [4.69, 9.17) is 11.6 Å². The summed E-state index contributed by atoms with van der Waals surface area (Å²) in [6, 6.07) is 6.52. The van der Waals surface area contributed by atoms with Gasteiger partial charge in [0, 0.05) is 37.0 Å². The SMILES string of the molecule is CC(=O)N1CCC(=O)C(C(=O)c2cccc(Cl)c2)C1. The molecule has 1 aromatic rings. The summed E-state index contributed by atoms with van der Waals surface area (Å²) in [6.45, 7) is 2.00. The minimum Gasteiger partial charge on any atom is -0.341 e. The number of piperidine rings is 1. The highest BCUT2D eigenvalue weighted by Gasteiger charge is 2.34. The number of likely N-dealkylation sites (tertiary alicyclic amines) is 1. The van der Waals surface area contributed by atoms with Crippen LogP contribution in [0.2, 0.25) is 5.02 Å². The van der Waals surface area contributed by atoms with Crippen molar-refractivity contribution < 1.29 is 14.4 Å². The van der Waals surface area contributed by atoms with E-state index in [9.17, 15) is 14.4 Å². The maximum absolute atomic E-state index is 12.3. The predicted octanol–water partition coefficient (Wildman–Crippen LogP) is 1.96. The number of halogens is 1. The number of benzene rings is 1. The zero-order valence-corrected chi connectivity index (χ0v) is 11.3. The molecule has 0 N–H and O–H groups in total. The molecular weight excluding hydrogens is 266 g/mol. The van der Waals surface area contributed by atoms with E-state index in [0.29, 0.717) is 17.1 Å². The maximum Gasteiger partial charge on any atom is 0.219 e. The van der Waals surface area contributed by atoms with Crippen LogP contribution in [0.3, 0.4) is 0 Å². The van der Waals surface area contributed by atoms with E-state index in [0.717, 1.165) is 0 Å². The summed E-state index contributed by atoms with van der Waals surface area (Å²) in [5, 5.41) is 0.456. The van der Waals surface area contributed by atoms with Crippen molar-refractivity contribution in [2.45, 2.75) is 13.3 Å². The molecule has 2 rings (SSSR count). The van der Waals surface area contributed by atoms with Crippen molar-refractivity contribution in [1.29, 1.82) is 0 Å². The van der Waals surface area contributed by atoms with E-state index in [2.05, 4.69) is 0 Å². The van der Waals surface area contributed by atoms with Crippen LogP contribution < -0.4 is 0 Å². The predicted molar refractivity (Wildman–Crippen MR) is 71.2 cm³/mol. The van der Waals surface area contributed by atoms with Crippen molar-refractivity contribution >= 4 is 29.1 Å². The molecule has 0 radical (unpaired) electrons. The Morgan fingerprint density at radius 3 is 2.74 bits per heavy atom. The Balaban J connectivity index is 2.21. The number of rotatable bonds is 2. The zero-order chi connectivity index (χ0) is 14.0. The van der Waals surface area contributed by atoms with Gasteiger partial charge in [-0.1, -0.05) is 23.7 Å². The van der Waals surface area contributed by atoms with Crippen LogP contribution in [0.4, 0.5) is 0 Å². The van der Waals surface area contributed by atoms with Gasteiger partial charge in [0.1, 0.15) is 5.78 Å². The summed E-state index contributed by atoms with van der Waals surface area (Å²) < 4.78 is 0. The molecule has 0 aliphatic carbocycles. The van der Waals surface area contributed by atoms with Crippen molar-refractivity contribution in [3.63, 3.8) is 0 Å². The molecule has 1 aliphatic rings. The topological polar surface area (TPSA) is 54.5 Å². The number of carbonyl (C=O) groups is 3. The second-order valence-electron chi connectivity index (χ2n) is 4.61. The largest absolute Gasteiger partial charge is 0.341 e. The standard InChI is InChI=1S/C14H14ClNO3/c1-9(17)16-6-5-13(18)12(8-16)14(19)10-3-2-4-11(15)7-10/h2-4,7,12H,5-6,8H2,1H3. The minimum absolute atomic E-state index is 0.109. The molecule has 0 aromatic heterocycles. The Kier molecular flexibility index (Phi) is 4.00. The number of amides is 1. The third kappa shape index (κ3) is 3.01. The fourth-order valence-electron chi connectivity index (χ4n) is 2.19. The molecular formula is C14H14ClNO3. The van der Waals surface area contributed by atoms with Crippen molar-refractivity contribution in [3.05, 3.63) is 34.9 Å². The van der Waals surface area contributed by atoms with Gasteiger partial charge >= 0.3 is 0 Å². The first kappa shape index (κ1) is 13.7. The summed E-state index contributed by atoms with van der Waals surface area (Å²) >= 11 is 5.84. The average molecular weight is 280 g/mol. The third-order valence-corrected chi connectivity index (χ3v) is 3.53. The highest BCUT2D eigenvalue weighted by molar-refractivity contribution is 6.31. The highest BCUT2D eigenvalue weighted by atomic mass is 35.5. The van der Waals surface area contributed by atoms with Crippen LogP contribution in [0, 0.1) is 5.92 Å². The van der Waals surface area contributed by atoms with Crippen LogP contribution in [0.15, 0.2) is 24.3 Å². The van der Waals surface area contributed by atoms with Crippen LogP contribution in [0.25, 0.3) is 0 Å². The van der Waals surface area contributed by atoms with Gasteiger partial charge in [0.25, 0.3) is 0 Å².